The Bertz CT molecular complexity index is 516. The molecule has 0 spiro atoms. The second-order valence-electron chi connectivity index (χ2n) is 4.39. The van der Waals surface area contributed by atoms with E-state index in [1.807, 2.05) is 0 Å². The van der Waals surface area contributed by atoms with Crippen molar-refractivity contribution in [3.63, 3.8) is 0 Å². The number of esters is 1. The third kappa shape index (κ3) is 8.05. The lowest BCUT2D eigenvalue weighted by Gasteiger charge is -2.08. The first-order valence-electron chi connectivity index (χ1n) is 6.60. The molecule has 0 heterocycles. The van der Waals surface area contributed by atoms with E-state index in [1.165, 1.54) is 19.2 Å². The van der Waals surface area contributed by atoms with Gasteiger partial charge in [-0.15, -0.1) is 0 Å². The summed E-state index contributed by atoms with van der Waals surface area (Å²) in [5.74, 6) is -0.875. The van der Waals surface area contributed by atoms with Gasteiger partial charge in [0.15, 0.2) is 6.61 Å². The summed E-state index contributed by atoms with van der Waals surface area (Å²) in [7, 11) is 1.50. The molecule has 0 unspecified atom stereocenters. The molecule has 0 saturated carbocycles. The highest BCUT2D eigenvalue weighted by molar-refractivity contribution is 5.93. The molecule has 1 N–H and O–H groups in total. The van der Waals surface area contributed by atoms with Gasteiger partial charge in [0.2, 0.25) is 0 Å². The van der Waals surface area contributed by atoms with Crippen molar-refractivity contribution in [2.45, 2.75) is 19.0 Å². The average Bonchev–Trinajstić information content (AvgIpc) is 2.51. The topological polar surface area (TPSA) is 73.9 Å². The third-order valence-corrected chi connectivity index (χ3v) is 2.54. The van der Waals surface area contributed by atoms with Crippen LogP contribution >= 0.6 is 0 Å². The fourth-order valence-electron chi connectivity index (χ4n) is 1.44. The van der Waals surface area contributed by atoms with Gasteiger partial charge < -0.3 is 9.47 Å². The van der Waals surface area contributed by atoms with Crippen LogP contribution in [0.4, 0.5) is 13.2 Å². The zero-order valence-corrected chi connectivity index (χ0v) is 12.3. The van der Waals surface area contributed by atoms with Gasteiger partial charge in [0.1, 0.15) is 5.75 Å². The van der Waals surface area contributed by atoms with Crippen LogP contribution in [0, 0.1) is 0 Å². The molecule has 9 heteroatoms. The van der Waals surface area contributed by atoms with Gasteiger partial charge in [-0.2, -0.15) is 13.2 Å². The molecule has 1 aromatic rings. The summed E-state index contributed by atoms with van der Waals surface area (Å²) in [4.78, 5) is 27.5. The van der Waals surface area contributed by atoms with Crippen molar-refractivity contribution >= 4 is 11.9 Å². The Hall–Kier alpha value is -2.29. The van der Waals surface area contributed by atoms with Crippen LogP contribution < -0.4 is 10.2 Å². The number of rotatable bonds is 8. The van der Waals surface area contributed by atoms with Crippen molar-refractivity contribution in [1.29, 1.82) is 0 Å². The third-order valence-electron chi connectivity index (χ3n) is 2.54. The van der Waals surface area contributed by atoms with Crippen LogP contribution in [0.2, 0.25) is 0 Å². The normalized spacial score (nSPS) is 11.0. The number of benzene rings is 1. The predicted molar refractivity (Wildman–Crippen MR) is 72.7 cm³/mol. The molecule has 1 amide bonds. The number of halogens is 3. The molecule has 128 valence electrons. The van der Waals surface area contributed by atoms with Crippen molar-refractivity contribution in [3.8, 4) is 5.75 Å². The van der Waals surface area contributed by atoms with Crippen LogP contribution in [0.3, 0.4) is 0 Å². The number of nitrogens with one attached hydrogen (secondary N) is 1. The Labute approximate surface area is 130 Å². The Kier molecular flexibility index (Phi) is 7.33. The van der Waals surface area contributed by atoms with E-state index < -0.39 is 24.7 Å². The highest BCUT2D eigenvalue weighted by Gasteiger charge is 2.29. The lowest BCUT2D eigenvalue weighted by Crippen LogP contribution is -2.24. The van der Waals surface area contributed by atoms with Crippen LogP contribution in [0.5, 0.6) is 5.75 Å². The summed E-state index contributed by atoms with van der Waals surface area (Å²) >= 11 is 0. The number of hydroxylamine groups is 1. The molecule has 0 aliphatic rings. The quantitative estimate of drug-likeness (QED) is 0.448. The molecule has 0 aliphatic carbocycles. The Morgan fingerprint density at radius 3 is 2.39 bits per heavy atom. The van der Waals surface area contributed by atoms with Gasteiger partial charge in [-0.05, 0) is 30.7 Å². The molecule has 0 aromatic heterocycles. The Morgan fingerprint density at radius 2 is 1.83 bits per heavy atom. The minimum atomic E-state index is -4.54. The molecule has 6 nitrogen and oxygen atoms in total. The molecular weight excluding hydrogens is 319 g/mol. The number of amides is 1. The number of carbonyl (C=O) groups is 2. The van der Waals surface area contributed by atoms with Gasteiger partial charge in [0, 0.05) is 12.0 Å². The van der Waals surface area contributed by atoms with E-state index in [9.17, 15) is 22.8 Å². The first-order chi connectivity index (χ1) is 10.8. The van der Waals surface area contributed by atoms with E-state index in [4.69, 9.17) is 9.57 Å². The molecule has 0 radical (unpaired) electrons. The molecule has 0 saturated heterocycles. The molecule has 0 atom stereocenters. The molecular formula is C14H16F3NO5. The maximum atomic E-state index is 11.8. The van der Waals surface area contributed by atoms with Gasteiger partial charge in [0.05, 0.1) is 13.7 Å². The lowest BCUT2D eigenvalue weighted by molar-refractivity contribution is -0.186. The van der Waals surface area contributed by atoms with Crippen molar-refractivity contribution in [2.24, 2.45) is 0 Å². The van der Waals surface area contributed by atoms with Crippen LogP contribution in [0.1, 0.15) is 23.2 Å². The zero-order chi connectivity index (χ0) is 17.3. The number of carbonyl (C=O) groups excluding carboxylic acids is 2. The summed E-state index contributed by atoms with van der Waals surface area (Å²) in [5.41, 5.74) is 2.50. The zero-order valence-electron chi connectivity index (χ0n) is 12.3. The molecule has 0 aliphatic heterocycles. The van der Waals surface area contributed by atoms with E-state index in [1.54, 1.807) is 12.1 Å². The summed E-state index contributed by atoms with van der Waals surface area (Å²) in [6.45, 7) is -1.65. The standard InChI is InChI=1S/C14H16F3NO5/c1-21-11-6-4-10(5-7-11)13(20)18-23-8-2-3-12(19)22-9-14(15,16)17/h4-7H,2-3,8-9H2,1H3,(H,18,20). The first-order valence-corrected chi connectivity index (χ1v) is 6.60. The van der Waals surface area contributed by atoms with E-state index in [2.05, 4.69) is 10.2 Å². The fourth-order valence-corrected chi connectivity index (χ4v) is 1.44. The molecule has 0 fully saturated rings. The van der Waals surface area contributed by atoms with E-state index >= 15 is 0 Å². The van der Waals surface area contributed by atoms with Gasteiger partial charge in [-0.25, -0.2) is 5.48 Å². The van der Waals surface area contributed by atoms with Crippen LogP contribution in [0.25, 0.3) is 0 Å². The number of ether oxygens (including phenoxy) is 2. The Balaban J connectivity index is 2.16. The minimum absolute atomic E-state index is 0.0387. The maximum Gasteiger partial charge on any atom is 0.422 e. The molecule has 23 heavy (non-hydrogen) atoms. The SMILES string of the molecule is COc1ccc(C(=O)NOCCCC(=O)OCC(F)(F)F)cc1. The fraction of sp³-hybridized carbons (Fsp3) is 0.429. The monoisotopic (exact) mass is 335 g/mol. The number of hydrogen-bond acceptors (Lipinski definition) is 5. The second kappa shape index (κ2) is 8.99. The first kappa shape index (κ1) is 18.8. The maximum absolute atomic E-state index is 11.8. The van der Waals surface area contributed by atoms with Crippen molar-refractivity contribution in [3.05, 3.63) is 29.8 Å². The smallest absolute Gasteiger partial charge is 0.422 e. The molecule has 1 rings (SSSR count). The largest absolute Gasteiger partial charge is 0.497 e. The van der Waals surface area contributed by atoms with Crippen molar-refractivity contribution in [2.75, 3.05) is 20.3 Å². The van der Waals surface area contributed by atoms with Gasteiger partial charge >= 0.3 is 12.1 Å². The summed E-state index contributed by atoms with van der Waals surface area (Å²) in [5, 5.41) is 0. The number of hydrogen-bond donors (Lipinski definition) is 1. The van der Waals surface area contributed by atoms with Crippen molar-refractivity contribution in [1.82, 2.24) is 5.48 Å². The summed E-state index contributed by atoms with van der Waals surface area (Å²) < 4.78 is 44.4. The highest BCUT2D eigenvalue weighted by atomic mass is 19.4. The van der Waals surface area contributed by atoms with E-state index in [-0.39, 0.29) is 19.4 Å². The van der Waals surface area contributed by atoms with Gasteiger partial charge in [-0.1, -0.05) is 0 Å². The van der Waals surface area contributed by atoms with Crippen LogP contribution in [0.15, 0.2) is 24.3 Å². The van der Waals surface area contributed by atoms with Crippen molar-refractivity contribution < 1.29 is 37.1 Å². The van der Waals surface area contributed by atoms with Crippen LogP contribution in [-0.4, -0.2) is 38.4 Å². The highest BCUT2D eigenvalue weighted by Crippen LogP contribution is 2.15. The predicted octanol–water partition coefficient (Wildman–Crippen LogP) is 2.24. The van der Waals surface area contributed by atoms with Crippen LogP contribution in [-0.2, 0) is 14.4 Å². The Morgan fingerprint density at radius 1 is 1.17 bits per heavy atom. The van der Waals surface area contributed by atoms with Gasteiger partial charge in [0.25, 0.3) is 5.91 Å². The van der Waals surface area contributed by atoms with Gasteiger partial charge in [-0.3, -0.25) is 14.4 Å². The second-order valence-corrected chi connectivity index (χ2v) is 4.39. The number of methoxy groups -OCH3 is 1. The number of alkyl halides is 3. The molecule has 0 bridgehead atoms. The molecule has 1 aromatic carbocycles. The average molecular weight is 335 g/mol. The van der Waals surface area contributed by atoms with E-state index in [0.29, 0.717) is 11.3 Å². The minimum Gasteiger partial charge on any atom is -0.497 e. The van der Waals surface area contributed by atoms with E-state index in [0.717, 1.165) is 0 Å². The summed E-state index contributed by atoms with van der Waals surface area (Å²) in [6.07, 6.45) is -4.67. The summed E-state index contributed by atoms with van der Waals surface area (Å²) in [6, 6.07) is 6.27. The lowest BCUT2D eigenvalue weighted by atomic mass is 10.2.